The second-order valence-electron chi connectivity index (χ2n) is 6.61. The summed E-state index contributed by atoms with van der Waals surface area (Å²) in [4.78, 5) is 25.7. The molecule has 0 radical (unpaired) electrons. The highest BCUT2D eigenvalue weighted by molar-refractivity contribution is 7.99. The molecule has 0 aliphatic carbocycles. The molecule has 0 aliphatic rings. The van der Waals surface area contributed by atoms with Crippen LogP contribution in [0.2, 0.25) is 0 Å². The summed E-state index contributed by atoms with van der Waals surface area (Å²) in [5.41, 5.74) is 1.04. The fourth-order valence-corrected chi connectivity index (χ4v) is 4.57. The third kappa shape index (κ3) is 5.57. The van der Waals surface area contributed by atoms with E-state index < -0.39 is 5.97 Å². The minimum atomic E-state index is -0.460. The topological polar surface area (TPSA) is 131 Å². The van der Waals surface area contributed by atoms with Crippen LogP contribution in [0.4, 0.5) is 5.00 Å². The maximum absolute atomic E-state index is 12.6. The largest absolute Gasteiger partial charge is 0.493 e. The predicted octanol–water partition coefficient (Wildman–Crippen LogP) is 3.21. The normalized spacial score (nSPS) is 10.7. The van der Waals surface area contributed by atoms with Crippen molar-refractivity contribution < 1.29 is 23.8 Å². The van der Waals surface area contributed by atoms with Gasteiger partial charge in [0.2, 0.25) is 11.1 Å². The van der Waals surface area contributed by atoms with Gasteiger partial charge in [-0.2, -0.15) is 0 Å². The van der Waals surface area contributed by atoms with E-state index >= 15 is 0 Å². The van der Waals surface area contributed by atoms with Crippen LogP contribution in [0.15, 0.2) is 29.4 Å². The SMILES string of the molecule is CCOC(=O)c1cc(CC)sc1NC(=O)CSc1nnc(-c2ccc(OC)c(OC)c2)n1N. The van der Waals surface area contributed by atoms with Crippen LogP contribution < -0.4 is 20.6 Å². The van der Waals surface area contributed by atoms with Crippen LogP contribution >= 0.6 is 23.1 Å². The van der Waals surface area contributed by atoms with Crippen molar-refractivity contribution in [2.45, 2.75) is 25.4 Å². The Hall–Kier alpha value is -3.25. The van der Waals surface area contributed by atoms with Crippen LogP contribution in [0.5, 0.6) is 11.5 Å². The third-order valence-corrected chi connectivity index (χ3v) is 6.66. The lowest BCUT2D eigenvalue weighted by atomic mass is 10.2. The molecule has 0 fully saturated rings. The summed E-state index contributed by atoms with van der Waals surface area (Å²) in [7, 11) is 3.09. The zero-order valence-electron chi connectivity index (χ0n) is 18.7. The second-order valence-corrected chi connectivity index (χ2v) is 8.69. The van der Waals surface area contributed by atoms with Gasteiger partial charge in [-0.05, 0) is 37.6 Å². The van der Waals surface area contributed by atoms with Gasteiger partial charge in [0, 0.05) is 10.4 Å². The molecule has 1 aromatic carbocycles. The lowest BCUT2D eigenvalue weighted by molar-refractivity contribution is -0.113. The number of aryl methyl sites for hydroxylation is 1. The number of thioether (sulfide) groups is 1. The van der Waals surface area contributed by atoms with Crippen molar-refractivity contribution in [3.05, 3.63) is 34.7 Å². The Labute approximate surface area is 199 Å². The molecule has 10 nitrogen and oxygen atoms in total. The number of nitrogens with one attached hydrogen (secondary N) is 1. The molecule has 1 amide bonds. The third-order valence-electron chi connectivity index (χ3n) is 4.52. The first kappa shape index (κ1) is 24.4. The first-order chi connectivity index (χ1) is 15.9. The summed E-state index contributed by atoms with van der Waals surface area (Å²) in [5.74, 6) is 6.96. The molecular formula is C21H25N5O5S2. The van der Waals surface area contributed by atoms with E-state index in [0.717, 1.165) is 23.1 Å². The number of esters is 1. The second kappa shape index (κ2) is 11.1. The molecule has 0 aliphatic heterocycles. The molecule has 3 rings (SSSR count). The van der Waals surface area contributed by atoms with Crippen molar-refractivity contribution in [3.63, 3.8) is 0 Å². The first-order valence-corrected chi connectivity index (χ1v) is 11.9. The van der Waals surface area contributed by atoms with Crippen molar-refractivity contribution in [2.24, 2.45) is 0 Å². The molecule has 0 atom stereocenters. The number of aromatic nitrogens is 3. The van der Waals surface area contributed by atoms with Crippen molar-refractivity contribution in [3.8, 4) is 22.9 Å². The maximum atomic E-state index is 12.6. The number of carbonyl (C=O) groups is 2. The highest BCUT2D eigenvalue weighted by Gasteiger charge is 2.20. The van der Waals surface area contributed by atoms with E-state index in [2.05, 4.69) is 15.5 Å². The number of thiophene rings is 1. The highest BCUT2D eigenvalue weighted by atomic mass is 32.2. The van der Waals surface area contributed by atoms with Crippen LogP contribution in [0.1, 0.15) is 29.1 Å². The van der Waals surface area contributed by atoms with E-state index in [1.54, 1.807) is 45.4 Å². The summed E-state index contributed by atoms with van der Waals surface area (Å²) in [6, 6.07) is 7.02. The standard InChI is InChI=1S/C21H25N5O5S2/c1-5-13-10-14(20(28)31-6-2)19(33-13)23-17(27)11-32-21-25-24-18(26(21)22)12-7-8-15(29-3)16(9-12)30-4/h7-10H,5-6,11,22H2,1-4H3,(H,23,27). The molecule has 3 aromatic rings. The van der Waals surface area contributed by atoms with Crippen LogP contribution in [0, 0.1) is 0 Å². The molecule has 0 saturated carbocycles. The van der Waals surface area contributed by atoms with E-state index in [9.17, 15) is 9.59 Å². The number of nitrogens with zero attached hydrogens (tertiary/aromatic N) is 3. The number of amides is 1. The number of benzene rings is 1. The van der Waals surface area contributed by atoms with E-state index in [4.69, 9.17) is 20.1 Å². The minimum absolute atomic E-state index is 0.0306. The van der Waals surface area contributed by atoms with Crippen LogP contribution in [0.25, 0.3) is 11.4 Å². The molecule has 2 aromatic heterocycles. The van der Waals surface area contributed by atoms with Gasteiger partial charge in [0.25, 0.3) is 0 Å². The Balaban J connectivity index is 1.69. The number of nitrogen functional groups attached to an aromatic ring is 1. The number of rotatable bonds is 10. The van der Waals surface area contributed by atoms with Crippen molar-refractivity contribution in [1.29, 1.82) is 0 Å². The van der Waals surface area contributed by atoms with E-state index in [0.29, 0.717) is 38.6 Å². The fraction of sp³-hybridized carbons (Fsp3) is 0.333. The molecule has 0 bridgehead atoms. The molecule has 176 valence electrons. The van der Waals surface area contributed by atoms with Crippen LogP contribution in [-0.2, 0) is 16.0 Å². The Morgan fingerprint density at radius 1 is 1.15 bits per heavy atom. The smallest absolute Gasteiger partial charge is 0.341 e. The highest BCUT2D eigenvalue weighted by Crippen LogP contribution is 2.32. The molecule has 3 N–H and O–H groups in total. The number of hydrogen-bond acceptors (Lipinski definition) is 10. The monoisotopic (exact) mass is 491 g/mol. The number of ether oxygens (including phenoxy) is 3. The quantitative estimate of drug-likeness (QED) is 0.249. The summed E-state index contributed by atoms with van der Waals surface area (Å²) in [6.45, 7) is 3.97. The van der Waals surface area contributed by atoms with Gasteiger partial charge >= 0.3 is 5.97 Å². The minimum Gasteiger partial charge on any atom is -0.493 e. The summed E-state index contributed by atoms with van der Waals surface area (Å²) < 4.78 is 17.0. The zero-order chi connectivity index (χ0) is 24.0. The molecule has 0 saturated heterocycles. The van der Waals surface area contributed by atoms with Gasteiger partial charge in [0.1, 0.15) is 5.00 Å². The molecule has 0 spiro atoms. The molecule has 0 unspecified atom stereocenters. The van der Waals surface area contributed by atoms with Gasteiger partial charge in [-0.15, -0.1) is 21.5 Å². The number of anilines is 1. The summed E-state index contributed by atoms with van der Waals surface area (Å²) in [6.07, 6.45) is 0.747. The van der Waals surface area contributed by atoms with Gasteiger partial charge in [-0.1, -0.05) is 18.7 Å². The summed E-state index contributed by atoms with van der Waals surface area (Å²) in [5, 5.41) is 11.8. The van der Waals surface area contributed by atoms with Crippen LogP contribution in [0.3, 0.4) is 0 Å². The van der Waals surface area contributed by atoms with Gasteiger partial charge in [-0.3, -0.25) is 4.79 Å². The number of carbonyl (C=O) groups excluding carboxylic acids is 2. The Kier molecular flexibility index (Phi) is 8.17. The Bertz CT molecular complexity index is 1140. The number of methoxy groups -OCH3 is 2. The van der Waals surface area contributed by atoms with Gasteiger partial charge < -0.3 is 25.4 Å². The lowest BCUT2D eigenvalue weighted by Gasteiger charge is -2.09. The maximum Gasteiger partial charge on any atom is 0.341 e. The van der Waals surface area contributed by atoms with Crippen LogP contribution in [-0.4, -0.2) is 53.3 Å². The molecule has 12 heteroatoms. The van der Waals surface area contributed by atoms with Gasteiger partial charge in [0.15, 0.2) is 17.3 Å². The van der Waals surface area contributed by atoms with Gasteiger partial charge in [0.05, 0.1) is 32.1 Å². The molecular weight excluding hydrogens is 466 g/mol. The fourth-order valence-electron chi connectivity index (χ4n) is 2.91. The van der Waals surface area contributed by atoms with Crippen molar-refractivity contribution in [1.82, 2.24) is 14.9 Å². The Morgan fingerprint density at radius 3 is 2.58 bits per heavy atom. The average molecular weight is 492 g/mol. The van der Waals surface area contributed by atoms with E-state index in [1.807, 2.05) is 6.92 Å². The molecule has 2 heterocycles. The van der Waals surface area contributed by atoms with Crippen molar-refractivity contribution in [2.75, 3.05) is 37.7 Å². The molecule has 33 heavy (non-hydrogen) atoms. The number of nitrogens with two attached hydrogens (primary N) is 1. The van der Waals surface area contributed by atoms with E-state index in [-0.39, 0.29) is 18.3 Å². The van der Waals surface area contributed by atoms with Crippen molar-refractivity contribution >= 4 is 40.0 Å². The summed E-state index contributed by atoms with van der Waals surface area (Å²) >= 11 is 2.48. The zero-order valence-corrected chi connectivity index (χ0v) is 20.3. The lowest BCUT2D eigenvalue weighted by Crippen LogP contribution is -2.17. The first-order valence-electron chi connectivity index (χ1n) is 10.1. The predicted molar refractivity (Wildman–Crippen MR) is 128 cm³/mol. The van der Waals surface area contributed by atoms with E-state index in [1.165, 1.54) is 16.0 Å². The number of hydrogen-bond donors (Lipinski definition) is 2. The van der Waals surface area contributed by atoms with Gasteiger partial charge in [-0.25, -0.2) is 9.47 Å². The Morgan fingerprint density at radius 2 is 1.91 bits per heavy atom. The average Bonchev–Trinajstić information content (AvgIpc) is 3.40.